The fourth-order valence-corrected chi connectivity index (χ4v) is 3.05. The van der Waals surface area contributed by atoms with Crippen LogP contribution in [-0.4, -0.2) is 40.8 Å². The number of benzene rings is 2. The number of carbonyl (C=O) groups excluding carboxylic acids is 2. The average Bonchev–Trinajstić information content (AvgIpc) is 3.23. The summed E-state index contributed by atoms with van der Waals surface area (Å²) >= 11 is 0. The quantitative estimate of drug-likeness (QED) is 0.545. The van der Waals surface area contributed by atoms with Crippen molar-refractivity contribution in [3.05, 3.63) is 70.3 Å². The molecule has 3 rings (SSSR count). The van der Waals surface area contributed by atoms with Gasteiger partial charge in [-0.05, 0) is 37.1 Å². The number of Topliss-reactive ketones (excluding diaryl/α,β-unsaturated/α-hetero) is 1. The second kappa shape index (κ2) is 10.5. The molecule has 1 aliphatic rings. The van der Waals surface area contributed by atoms with Crippen molar-refractivity contribution in [2.75, 3.05) is 13.1 Å². The third kappa shape index (κ3) is 6.27. The minimum atomic E-state index is -0.677. The first-order chi connectivity index (χ1) is 13.5. The Morgan fingerprint density at radius 3 is 2.41 bits per heavy atom. The first-order valence-electron chi connectivity index (χ1n) is 9.04. The van der Waals surface area contributed by atoms with Gasteiger partial charge in [-0.15, -0.1) is 12.4 Å². The zero-order valence-electron chi connectivity index (χ0n) is 15.7. The Morgan fingerprint density at radius 2 is 1.83 bits per heavy atom. The maximum absolute atomic E-state index is 12.7. The highest BCUT2D eigenvalue weighted by Gasteiger charge is 2.27. The van der Waals surface area contributed by atoms with E-state index in [9.17, 15) is 19.7 Å². The Hall–Kier alpha value is -2.97. The molecule has 1 heterocycles. The predicted molar refractivity (Wildman–Crippen MR) is 109 cm³/mol. The highest BCUT2D eigenvalue weighted by atomic mass is 35.5. The Labute approximate surface area is 174 Å². The summed E-state index contributed by atoms with van der Waals surface area (Å²) in [5.41, 5.74) is 0.777. The Kier molecular flexibility index (Phi) is 8.11. The van der Waals surface area contributed by atoms with Crippen molar-refractivity contribution in [1.29, 1.82) is 0 Å². The first-order valence-corrected chi connectivity index (χ1v) is 9.04. The molecule has 0 radical (unpaired) electrons. The summed E-state index contributed by atoms with van der Waals surface area (Å²) in [6, 6.07) is 14.3. The average molecular weight is 420 g/mol. The van der Waals surface area contributed by atoms with Gasteiger partial charge in [-0.25, -0.2) is 4.79 Å². The van der Waals surface area contributed by atoms with Crippen molar-refractivity contribution in [1.82, 2.24) is 10.2 Å². The van der Waals surface area contributed by atoms with Crippen LogP contribution in [-0.2, 0) is 11.3 Å². The van der Waals surface area contributed by atoms with Gasteiger partial charge in [0.2, 0.25) is 0 Å². The number of nitro groups is 1. The van der Waals surface area contributed by atoms with Gasteiger partial charge in [0, 0.05) is 18.7 Å². The van der Waals surface area contributed by atoms with Crippen LogP contribution in [0, 0.1) is 10.1 Å². The lowest BCUT2D eigenvalue weighted by atomic mass is 10.1. The summed E-state index contributed by atoms with van der Waals surface area (Å²) in [7, 11) is 0. The van der Waals surface area contributed by atoms with Gasteiger partial charge < -0.3 is 10.1 Å². The molecule has 0 unspecified atom stereocenters. The van der Waals surface area contributed by atoms with Gasteiger partial charge in [0.25, 0.3) is 5.69 Å². The van der Waals surface area contributed by atoms with Gasteiger partial charge in [0.1, 0.15) is 5.75 Å². The third-order valence-electron chi connectivity index (χ3n) is 4.52. The molecule has 9 heteroatoms. The van der Waals surface area contributed by atoms with Crippen LogP contribution in [0.3, 0.4) is 0 Å². The van der Waals surface area contributed by atoms with Crippen LogP contribution in [0.2, 0.25) is 0 Å². The number of hydrogen-bond acceptors (Lipinski definition) is 6. The molecule has 1 amide bonds. The van der Waals surface area contributed by atoms with E-state index in [1.165, 1.54) is 29.2 Å². The summed E-state index contributed by atoms with van der Waals surface area (Å²) in [5, 5.41) is 13.9. The number of carbonyl (C=O) groups is 2. The van der Waals surface area contributed by atoms with Gasteiger partial charge in [-0.2, -0.15) is 0 Å². The van der Waals surface area contributed by atoms with Gasteiger partial charge in [0.15, 0.2) is 5.78 Å². The first kappa shape index (κ1) is 22.3. The molecule has 0 spiro atoms. The molecular formula is C20H22ClN3O5. The van der Waals surface area contributed by atoms with E-state index in [0.29, 0.717) is 0 Å². The van der Waals surface area contributed by atoms with E-state index < -0.39 is 11.0 Å². The number of ketones is 1. The molecular weight excluding hydrogens is 398 g/mol. The Balaban J connectivity index is 0.00000300. The molecule has 2 aromatic rings. The van der Waals surface area contributed by atoms with E-state index in [1.54, 1.807) is 0 Å². The minimum Gasteiger partial charge on any atom is -0.410 e. The summed E-state index contributed by atoms with van der Waals surface area (Å²) in [6.07, 6.45) is 1.02. The molecule has 154 valence electrons. The zero-order valence-corrected chi connectivity index (χ0v) is 16.5. The van der Waals surface area contributed by atoms with Gasteiger partial charge in [-0.3, -0.25) is 19.8 Å². The predicted octanol–water partition coefficient (Wildman–Crippen LogP) is 3.34. The maximum Gasteiger partial charge on any atom is 0.415 e. The van der Waals surface area contributed by atoms with Crippen molar-refractivity contribution in [2.45, 2.75) is 25.4 Å². The standard InChI is InChI=1S/C20H21N3O5.ClH/c24-19(18-7-4-12-21-18)14-22(13-15-5-2-1-3-6-15)20(25)28-17-10-8-16(9-11-17)23(26)27;/h1-3,5-6,8-11,18,21H,4,7,12-14H2;1H/t18-;/m0./s1. The fourth-order valence-electron chi connectivity index (χ4n) is 3.05. The molecule has 1 aliphatic heterocycles. The number of ether oxygens (including phenoxy) is 1. The maximum atomic E-state index is 12.7. The highest BCUT2D eigenvalue weighted by molar-refractivity contribution is 5.89. The number of nitrogens with zero attached hydrogens (tertiary/aromatic N) is 2. The Bertz CT molecular complexity index is 839. The number of hydrogen-bond donors (Lipinski definition) is 1. The summed E-state index contributed by atoms with van der Waals surface area (Å²) in [5.74, 6) is 0.120. The number of rotatable bonds is 7. The van der Waals surface area contributed by atoms with Crippen LogP contribution in [0.15, 0.2) is 54.6 Å². The highest BCUT2D eigenvalue weighted by Crippen LogP contribution is 2.19. The van der Waals surface area contributed by atoms with Crippen LogP contribution in [0.1, 0.15) is 18.4 Å². The zero-order chi connectivity index (χ0) is 19.9. The van der Waals surface area contributed by atoms with Gasteiger partial charge in [-0.1, -0.05) is 30.3 Å². The normalized spacial score (nSPS) is 15.2. The van der Waals surface area contributed by atoms with E-state index in [2.05, 4.69) is 5.32 Å². The number of nitro benzene ring substituents is 1. The molecule has 2 aromatic carbocycles. The van der Waals surface area contributed by atoms with Crippen LogP contribution < -0.4 is 10.1 Å². The van der Waals surface area contributed by atoms with E-state index in [-0.39, 0.29) is 48.8 Å². The molecule has 1 atom stereocenters. The Morgan fingerprint density at radius 1 is 1.14 bits per heavy atom. The van der Waals surface area contributed by atoms with E-state index >= 15 is 0 Å². The number of halogens is 1. The van der Waals surface area contributed by atoms with E-state index in [4.69, 9.17) is 4.74 Å². The largest absolute Gasteiger partial charge is 0.415 e. The van der Waals surface area contributed by atoms with Gasteiger partial charge >= 0.3 is 6.09 Å². The van der Waals surface area contributed by atoms with Crippen LogP contribution in [0.4, 0.5) is 10.5 Å². The molecule has 0 bridgehead atoms. The second-order valence-corrected chi connectivity index (χ2v) is 6.58. The number of amides is 1. The van der Waals surface area contributed by atoms with Crippen LogP contribution in [0.5, 0.6) is 5.75 Å². The molecule has 29 heavy (non-hydrogen) atoms. The van der Waals surface area contributed by atoms with Crippen LogP contribution >= 0.6 is 12.4 Å². The molecule has 0 saturated carbocycles. The fraction of sp³-hybridized carbons (Fsp3) is 0.300. The molecule has 0 aromatic heterocycles. The molecule has 0 aliphatic carbocycles. The molecule has 1 saturated heterocycles. The lowest BCUT2D eigenvalue weighted by Crippen LogP contribution is -2.43. The lowest BCUT2D eigenvalue weighted by Gasteiger charge is -2.23. The van der Waals surface area contributed by atoms with Crippen molar-refractivity contribution in [2.24, 2.45) is 0 Å². The van der Waals surface area contributed by atoms with Crippen molar-refractivity contribution in [3.8, 4) is 5.75 Å². The second-order valence-electron chi connectivity index (χ2n) is 6.58. The monoisotopic (exact) mass is 419 g/mol. The number of non-ortho nitro benzene ring substituents is 1. The molecule has 1 N–H and O–H groups in total. The SMILES string of the molecule is Cl.O=C(CN(Cc1ccccc1)C(=O)Oc1ccc([N+](=O)[O-])cc1)[C@@H]1CCCN1. The third-order valence-corrected chi connectivity index (χ3v) is 4.52. The summed E-state index contributed by atoms with van der Waals surface area (Å²) in [6.45, 7) is 0.950. The topological polar surface area (TPSA) is 102 Å². The van der Waals surface area contributed by atoms with Crippen LogP contribution in [0.25, 0.3) is 0 Å². The summed E-state index contributed by atoms with van der Waals surface area (Å²) < 4.78 is 5.34. The van der Waals surface area contributed by atoms with Gasteiger partial charge in [0.05, 0.1) is 17.5 Å². The van der Waals surface area contributed by atoms with Crippen molar-refractivity contribution < 1.29 is 19.2 Å². The molecule has 8 nitrogen and oxygen atoms in total. The summed E-state index contributed by atoms with van der Waals surface area (Å²) in [4.78, 5) is 36.8. The minimum absolute atomic E-state index is 0. The lowest BCUT2D eigenvalue weighted by molar-refractivity contribution is -0.384. The smallest absolute Gasteiger partial charge is 0.410 e. The molecule has 1 fully saturated rings. The van der Waals surface area contributed by atoms with E-state index in [1.807, 2.05) is 30.3 Å². The van der Waals surface area contributed by atoms with Crippen molar-refractivity contribution in [3.63, 3.8) is 0 Å². The van der Waals surface area contributed by atoms with Crippen molar-refractivity contribution >= 4 is 30.0 Å². The van der Waals surface area contributed by atoms with E-state index in [0.717, 1.165) is 24.9 Å². The number of nitrogens with one attached hydrogen (secondary N) is 1.